The van der Waals surface area contributed by atoms with E-state index < -0.39 is 0 Å². The molecule has 51 heavy (non-hydrogen) atoms. The second kappa shape index (κ2) is 12.4. The number of hydrogen-bond acceptors (Lipinski definition) is 3. The largest absolute Gasteiger partial charge is 0.310 e. The number of benzene rings is 8. The molecule has 0 saturated heterocycles. The minimum atomic E-state index is 1.12. The number of rotatable bonds is 6. The van der Waals surface area contributed by atoms with E-state index in [4.69, 9.17) is 0 Å². The molecule has 0 spiro atoms. The average Bonchev–Trinajstić information content (AvgIpc) is 3.76. The third-order valence-electron chi connectivity index (χ3n) is 9.89. The lowest BCUT2D eigenvalue weighted by atomic mass is 10.0. The van der Waals surface area contributed by atoms with E-state index in [1.807, 2.05) is 22.7 Å². The summed E-state index contributed by atoms with van der Waals surface area (Å²) in [5, 5.41) is 5.25. The van der Waals surface area contributed by atoms with Crippen molar-refractivity contribution in [3.63, 3.8) is 0 Å². The van der Waals surface area contributed by atoms with Crippen LogP contribution in [0.25, 0.3) is 73.7 Å². The Morgan fingerprint density at radius 2 is 0.686 bits per heavy atom. The lowest BCUT2D eigenvalue weighted by Crippen LogP contribution is -2.09. The van der Waals surface area contributed by atoms with Gasteiger partial charge in [0, 0.05) is 57.4 Å². The molecule has 0 unspecified atom stereocenters. The zero-order valence-electron chi connectivity index (χ0n) is 27.7. The molecule has 2 heterocycles. The van der Waals surface area contributed by atoms with Gasteiger partial charge in [0.1, 0.15) is 0 Å². The summed E-state index contributed by atoms with van der Waals surface area (Å²) in [6.45, 7) is 0. The van der Waals surface area contributed by atoms with Crippen LogP contribution in [-0.2, 0) is 0 Å². The molecule has 0 aliphatic heterocycles. The molecule has 0 fully saturated rings. The van der Waals surface area contributed by atoms with Crippen molar-refractivity contribution in [1.29, 1.82) is 0 Å². The van der Waals surface area contributed by atoms with E-state index in [2.05, 4.69) is 193 Å². The first kappa shape index (κ1) is 29.9. The Balaban J connectivity index is 1.06. The number of nitrogens with zero attached hydrogens (tertiary/aromatic N) is 1. The fourth-order valence-corrected chi connectivity index (χ4v) is 9.52. The topological polar surface area (TPSA) is 3.24 Å². The van der Waals surface area contributed by atoms with Gasteiger partial charge < -0.3 is 4.90 Å². The van der Waals surface area contributed by atoms with E-state index >= 15 is 0 Å². The van der Waals surface area contributed by atoms with E-state index in [0.717, 1.165) is 17.1 Å². The van der Waals surface area contributed by atoms with Crippen LogP contribution >= 0.6 is 22.7 Å². The molecule has 0 radical (unpaired) electrons. The average molecular weight is 686 g/mol. The number of fused-ring (bicyclic) bond motifs is 6. The van der Waals surface area contributed by atoms with Gasteiger partial charge in [0.15, 0.2) is 0 Å². The highest BCUT2D eigenvalue weighted by atomic mass is 32.1. The van der Waals surface area contributed by atoms with Gasteiger partial charge in [-0.2, -0.15) is 0 Å². The molecule has 0 N–H and O–H groups in total. The van der Waals surface area contributed by atoms with Crippen LogP contribution in [0.5, 0.6) is 0 Å². The van der Waals surface area contributed by atoms with Crippen molar-refractivity contribution in [1.82, 2.24) is 0 Å². The van der Waals surface area contributed by atoms with Crippen molar-refractivity contribution in [3.8, 4) is 33.4 Å². The van der Waals surface area contributed by atoms with Crippen molar-refractivity contribution in [3.05, 3.63) is 188 Å². The van der Waals surface area contributed by atoms with Gasteiger partial charge in [-0.25, -0.2) is 0 Å². The first-order valence-electron chi connectivity index (χ1n) is 17.2. The Morgan fingerprint density at radius 1 is 0.255 bits per heavy atom. The van der Waals surface area contributed by atoms with E-state index in [1.165, 1.54) is 73.7 Å². The van der Waals surface area contributed by atoms with Crippen molar-refractivity contribution >= 4 is 80.1 Å². The van der Waals surface area contributed by atoms with Crippen LogP contribution in [-0.4, -0.2) is 0 Å². The van der Waals surface area contributed by atoms with Crippen LogP contribution in [0, 0.1) is 0 Å². The molecule has 10 aromatic rings. The number of hydrogen-bond donors (Lipinski definition) is 0. The predicted octanol–water partition coefficient (Wildman–Crippen LogP) is 14.9. The fraction of sp³-hybridized carbons (Fsp3) is 0. The van der Waals surface area contributed by atoms with E-state index in [-0.39, 0.29) is 0 Å². The summed E-state index contributed by atoms with van der Waals surface area (Å²) in [5.41, 5.74) is 10.8. The Kier molecular flexibility index (Phi) is 7.26. The molecule has 10 rings (SSSR count). The molecule has 1 nitrogen and oxygen atoms in total. The van der Waals surface area contributed by atoms with Crippen LogP contribution < -0.4 is 4.90 Å². The summed E-state index contributed by atoms with van der Waals surface area (Å²) in [5.74, 6) is 0. The SMILES string of the molecule is c1ccc(-c2ccc(N(c3ccc(-c4ccccc4)cc3)c3ccc4sc5cc(-c6ccc7sc8ccccc8c7c6)ccc5c4c3)cc2)cc1. The molecular formula is C48H31NS2. The summed E-state index contributed by atoms with van der Waals surface area (Å²) in [4.78, 5) is 2.38. The van der Waals surface area contributed by atoms with Gasteiger partial charge in [-0.15, -0.1) is 22.7 Å². The van der Waals surface area contributed by atoms with Gasteiger partial charge in [0.05, 0.1) is 0 Å². The molecule has 0 atom stereocenters. The van der Waals surface area contributed by atoms with Gasteiger partial charge in [0.25, 0.3) is 0 Å². The Hall–Kier alpha value is -6.00. The van der Waals surface area contributed by atoms with Crippen molar-refractivity contribution < 1.29 is 0 Å². The van der Waals surface area contributed by atoms with Crippen molar-refractivity contribution in [2.45, 2.75) is 0 Å². The Bertz CT molecular complexity index is 2750. The first-order chi connectivity index (χ1) is 25.2. The maximum atomic E-state index is 2.38. The highest BCUT2D eigenvalue weighted by Crippen LogP contribution is 2.43. The number of thiophene rings is 2. The van der Waals surface area contributed by atoms with Crippen LogP contribution in [0.1, 0.15) is 0 Å². The third-order valence-corrected chi connectivity index (χ3v) is 12.2. The quantitative estimate of drug-likeness (QED) is 0.168. The second-order valence-electron chi connectivity index (χ2n) is 13.0. The molecule has 0 amide bonds. The molecule has 0 aliphatic carbocycles. The molecule has 2 aromatic heterocycles. The van der Waals surface area contributed by atoms with Crippen LogP contribution in [0.15, 0.2) is 188 Å². The van der Waals surface area contributed by atoms with Gasteiger partial charge in [0.2, 0.25) is 0 Å². The van der Waals surface area contributed by atoms with E-state index in [0.29, 0.717) is 0 Å². The summed E-state index contributed by atoms with van der Waals surface area (Å²) >= 11 is 3.74. The minimum absolute atomic E-state index is 1.12. The zero-order valence-corrected chi connectivity index (χ0v) is 29.3. The van der Waals surface area contributed by atoms with Gasteiger partial charge in [-0.05, 0) is 100 Å². The maximum Gasteiger partial charge on any atom is 0.0468 e. The molecule has 3 heteroatoms. The highest BCUT2D eigenvalue weighted by Gasteiger charge is 2.16. The van der Waals surface area contributed by atoms with Crippen LogP contribution in [0.4, 0.5) is 17.1 Å². The normalized spacial score (nSPS) is 11.5. The molecule has 240 valence electrons. The summed E-state index contributed by atoms with van der Waals surface area (Å²) in [6, 6.07) is 68.6. The van der Waals surface area contributed by atoms with Gasteiger partial charge >= 0.3 is 0 Å². The lowest BCUT2D eigenvalue weighted by molar-refractivity contribution is 1.29. The lowest BCUT2D eigenvalue weighted by Gasteiger charge is -2.26. The second-order valence-corrected chi connectivity index (χ2v) is 15.1. The van der Waals surface area contributed by atoms with Crippen LogP contribution in [0.2, 0.25) is 0 Å². The standard InChI is InChI=1S/C48H31NS2/c1-3-9-32(10-4-1)34-15-21-38(22-16-34)49(39-23-17-35(18-24-39)33-11-5-2-6-12-33)40-25-28-47-44(31-40)42-26-19-37(30-48(42)51-47)36-20-27-46-43(29-36)41-13-7-8-14-45(41)50-46/h1-31H. The summed E-state index contributed by atoms with van der Waals surface area (Å²) in [6.07, 6.45) is 0. The minimum Gasteiger partial charge on any atom is -0.310 e. The van der Waals surface area contributed by atoms with Crippen molar-refractivity contribution in [2.24, 2.45) is 0 Å². The molecule has 8 aromatic carbocycles. The molecule has 0 saturated carbocycles. The third kappa shape index (κ3) is 5.39. The highest BCUT2D eigenvalue weighted by molar-refractivity contribution is 7.26. The molecule has 0 aliphatic rings. The van der Waals surface area contributed by atoms with Gasteiger partial charge in [-0.3, -0.25) is 0 Å². The summed E-state index contributed by atoms with van der Waals surface area (Å²) < 4.78 is 5.28. The fourth-order valence-electron chi connectivity index (χ4n) is 7.30. The smallest absolute Gasteiger partial charge is 0.0468 e. The number of anilines is 3. The van der Waals surface area contributed by atoms with E-state index in [1.54, 1.807) is 0 Å². The molecule has 0 bridgehead atoms. The summed E-state index contributed by atoms with van der Waals surface area (Å²) in [7, 11) is 0. The molecular weight excluding hydrogens is 655 g/mol. The van der Waals surface area contributed by atoms with Crippen LogP contribution in [0.3, 0.4) is 0 Å². The van der Waals surface area contributed by atoms with Gasteiger partial charge in [-0.1, -0.05) is 121 Å². The zero-order chi connectivity index (χ0) is 33.7. The van der Waals surface area contributed by atoms with Crippen molar-refractivity contribution in [2.75, 3.05) is 4.90 Å². The Morgan fingerprint density at radius 3 is 1.35 bits per heavy atom. The Labute approximate surface area is 304 Å². The maximum absolute atomic E-state index is 2.38. The monoisotopic (exact) mass is 685 g/mol. The van der Waals surface area contributed by atoms with E-state index in [9.17, 15) is 0 Å². The first-order valence-corrected chi connectivity index (χ1v) is 18.9. The predicted molar refractivity (Wildman–Crippen MR) is 223 cm³/mol.